The van der Waals surface area contributed by atoms with Gasteiger partial charge in [-0.15, -0.1) is 0 Å². The van der Waals surface area contributed by atoms with Crippen LogP contribution in [0, 0.1) is 0 Å². The fourth-order valence-corrected chi connectivity index (χ4v) is 6.54. The SMILES string of the molecule is CNS(=O)(=O)c1ccccc1Nc1nc(Cl)ncc1Br.CNS(=O)(=O)c1ccccc1Nc1nc(Nc2ccc(OC)cc2OC)ncc1Br. The first kappa shape index (κ1) is 38.7. The van der Waals surface area contributed by atoms with Crippen molar-refractivity contribution in [1.82, 2.24) is 29.4 Å². The summed E-state index contributed by atoms with van der Waals surface area (Å²) < 4.78 is 64.8. The van der Waals surface area contributed by atoms with E-state index in [2.05, 4.69) is 77.2 Å². The number of ether oxygens (including phenoxy) is 2. The van der Waals surface area contributed by atoms with Crippen molar-refractivity contribution in [2.75, 3.05) is 44.3 Å². The average Bonchev–Trinajstić information content (AvgIpc) is 3.12. The third-order valence-corrected chi connectivity index (χ3v) is 10.8. The van der Waals surface area contributed by atoms with Crippen molar-refractivity contribution in [2.45, 2.75) is 9.79 Å². The molecule has 5 N–H and O–H groups in total. The molecule has 20 heteroatoms. The van der Waals surface area contributed by atoms with Gasteiger partial charge in [0.1, 0.15) is 32.9 Å². The van der Waals surface area contributed by atoms with Crippen LogP contribution < -0.4 is 34.9 Å². The summed E-state index contributed by atoms with van der Waals surface area (Å²) in [7, 11) is -1.40. The van der Waals surface area contributed by atoms with Crippen molar-refractivity contribution in [3.8, 4) is 11.5 Å². The molecular formula is C30H30Br2ClN9O6S2. The number of hydrogen-bond acceptors (Lipinski definition) is 13. The van der Waals surface area contributed by atoms with E-state index in [4.69, 9.17) is 21.1 Å². The first-order valence-corrected chi connectivity index (χ1v) is 19.0. The summed E-state index contributed by atoms with van der Waals surface area (Å²) in [6.07, 6.45) is 3.04. The Morgan fingerprint density at radius 1 is 0.660 bits per heavy atom. The van der Waals surface area contributed by atoms with Gasteiger partial charge in [-0.3, -0.25) is 0 Å². The standard InChI is InChI=1S/C19H20BrN5O4S.C11H10BrClN4O2S/c1-21-30(26,27)17-7-5-4-6-15(17)23-18-13(20)11-22-19(25-18)24-14-9-8-12(28-2)10-16(14)29-3;1-14-20(18,19)9-5-3-2-4-8(9)16-10-7(12)6-15-11(13)17-10/h4-11,21H,1-3H3,(H2,22,23,24,25);2-6,14H,1H3,(H,15,16,17). The molecule has 5 aromatic rings. The number of para-hydroxylation sites is 2. The molecule has 0 atom stereocenters. The van der Waals surface area contributed by atoms with Crippen molar-refractivity contribution in [1.29, 1.82) is 0 Å². The number of halogens is 3. The smallest absolute Gasteiger partial charge is 0.242 e. The van der Waals surface area contributed by atoms with Gasteiger partial charge in [-0.25, -0.2) is 36.2 Å². The molecule has 2 aromatic heterocycles. The molecule has 0 spiro atoms. The molecule has 0 saturated heterocycles. The zero-order valence-corrected chi connectivity index (χ0v) is 32.3. The Bertz CT molecular complexity index is 2200. The fourth-order valence-electron chi connectivity index (χ4n) is 4.05. The summed E-state index contributed by atoms with van der Waals surface area (Å²) in [5.74, 6) is 2.26. The Morgan fingerprint density at radius 3 is 1.70 bits per heavy atom. The second kappa shape index (κ2) is 17.2. The van der Waals surface area contributed by atoms with E-state index in [1.165, 1.54) is 32.4 Å². The van der Waals surface area contributed by atoms with Gasteiger partial charge in [0.05, 0.1) is 40.2 Å². The second-order valence-corrected chi connectivity index (χ2v) is 15.3. The zero-order chi connectivity index (χ0) is 36.5. The highest BCUT2D eigenvalue weighted by molar-refractivity contribution is 9.11. The first-order valence-electron chi connectivity index (χ1n) is 14.1. The molecule has 0 unspecified atom stereocenters. The lowest BCUT2D eigenvalue weighted by molar-refractivity contribution is 0.395. The van der Waals surface area contributed by atoms with Gasteiger partial charge in [-0.2, -0.15) is 9.97 Å². The van der Waals surface area contributed by atoms with Crippen molar-refractivity contribution in [2.24, 2.45) is 0 Å². The van der Waals surface area contributed by atoms with Crippen LogP contribution >= 0.6 is 43.5 Å². The lowest BCUT2D eigenvalue weighted by Crippen LogP contribution is -2.19. The van der Waals surface area contributed by atoms with Crippen molar-refractivity contribution in [3.05, 3.63) is 93.4 Å². The summed E-state index contributed by atoms with van der Waals surface area (Å²) >= 11 is 12.4. The van der Waals surface area contributed by atoms with Crippen LogP contribution in [0.25, 0.3) is 0 Å². The van der Waals surface area contributed by atoms with Gasteiger partial charge in [0.2, 0.25) is 31.3 Å². The molecule has 0 fully saturated rings. The first-order chi connectivity index (χ1) is 23.8. The van der Waals surface area contributed by atoms with Crippen LogP contribution in [-0.2, 0) is 20.0 Å². The molecule has 2 heterocycles. The monoisotopic (exact) mass is 869 g/mol. The zero-order valence-electron chi connectivity index (χ0n) is 26.7. The summed E-state index contributed by atoms with van der Waals surface area (Å²) in [5.41, 5.74) is 1.40. The number of benzene rings is 3. The van der Waals surface area contributed by atoms with Gasteiger partial charge in [0, 0.05) is 18.5 Å². The van der Waals surface area contributed by atoms with E-state index in [0.717, 1.165) is 0 Å². The van der Waals surface area contributed by atoms with Crippen LogP contribution in [0.2, 0.25) is 5.28 Å². The number of nitrogens with one attached hydrogen (secondary N) is 5. The van der Waals surface area contributed by atoms with Crippen LogP contribution in [0.1, 0.15) is 0 Å². The number of rotatable bonds is 12. The number of hydrogen-bond donors (Lipinski definition) is 5. The molecular weight excluding hydrogens is 842 g/mol. The van der Waals surface area contributed by atoms with E-state index < -0.39 is 20.0 Å². The molecule has 0 amide bonds. The minimum atomic E-state index is -3.65. The predicted molar refractivity (Wildman–Crippen MR) is 199 cm³/mol. The maximum absolute atomic E-state index is 12.3. The minimum absolute atomic E-state index is 0.0599. The molecule has 0 radical (unpaired) electrons. The predicted octanol–water partition coefficient (Wildman–Crippen LogP) is 6.20. The van der Waals surface area contributed by atoms with Crippen molar-refractivity contribution in [3.63, 3.8) is 0 Å². The van der Waals surface area contributed by atoms with Crippen LogP contribution in [0.15, 0.2) is 97.9 Å². The Kier molecular flexibility index (Phi) is 13.3. The Hall–Kier alpha value is -4.11. The van der Waals surface area contributed by atoms with Crippen LogP contribution in [0.4, 0.5) is 34.6 Å². The number of aromatic nitrogens is 4. The van der Waals surface area contributed by atoms with E-state index in [9.17, 15) is 16.8 Å². The van der Waals surface area contributed by atoms with Gasteiger partial charge in [-0.1, -0.05) is 24.3 Å². The van der Waals surface area contributed by atoms with Gasteiger partial charge >= 0.3 is 0 Å². The Labute approximate surface area is 311 Å². The molecule has 0 aliphatic carbocycles. The van der Waals surface area contributed by atoms with Crippen molar-refractivity contribution >= 4 is 98.2 Å². The summed E-state index contributed by atoms with van der Waals surface area (Å²) in [5, 5.41) is 9.12. The molecule has 0 saturated carbocycles. The summed E-state index contributed by atoms with van der Waals surface area (Å²) in [4.78, 5) is 16.7. The highest BCUT2D eigenvalue weighted by Gasteiger charge is 2.19. The summed E-state index contributed by atoms with van der Waals surface area (Å²) in [6, 6.07) is 18.3. The maximum atomic E-state index is 12.3. The van der Waals surface area contributed by atoms with E-state index in [1.807, 2.05) is 0 Å². The third-order valence-electron chi connectivity index (χ3n) is 6.51. The lowest BCUT2D eigenvalue weighted by atomic mass is 10.2. The van der Waals surface area contributed by atoms with E-state index in [0.29, 0.717) is 49.1 Å². The number of sulfonamides is 2. The normalized spacial score (nSPS) is 11.2. The molecule has 15 nitrogen and oxygen atoms in total. The van der Waals surface area contributed by atoms with Crippen LogP contribution in [0.3, 0.4) is 0 Å². The molecule has 5 rings (SSSR count). The largest absolute Gasteiger partial charge is 0.497 e. The third kappa shape index (κ3) is 9.77. The summed E-state index contributed by atoms with van der Waals surface area (Å²) in [6.45, 7) is 0. The van der Waals surface area contributed by atoms with E-state index >= 15 is 0 Å². The van der Waals surface area contributed by atoms with Gasteiger partial charge < -0.3 is 25.4 Å². The molecule has 0 aliphatic rings. The Morgan fingerprint density at radius 2 is 1.18 bits per heavy atom. The van der Waals surface area contributed by atoms with Crippen LogP contribution in [-0.4, -0.2) is 65.1 Å². The lowest BCUT2D eigenvalue weighted by Gasteiger charge is -2.14. The minimum Gasteiger partial charge on any atom is -0.497 e. The van der Waals surface area contributed by atoms with E-state index in [1.54, 1.807) is 75.0 Å². The highest BCUT2D eigenvalue weighted by atomic mass is 79.9. The highest BCUT2D eigenvalue weighted by Crippen LogP contribution is 2.33. The number of anilines is 6. The molecule has 3 aromatic carbocycles. The topological polar surface area (TPSA) is 198 Å². The average molecular weight is 872 g/mol. The quantitative estimate of drug-likeness (QED) is 0.0890. The molecule has 0 bridgehead atoms. The molecule has 264 valence electrons. The molecule has 50 heavy (non-hydrogen) atoms. The van der Waals surface area contributed by atoms with Gasteiger partial charge in [0.15, 0.2) is 0 Å². The van der Waals surface area contributed by atoms with Gasteiger partial charge in [0.25, 0.3) is 0 Å². The maximum Gasteiger partial charge on any atom is 0.242 e. The number of methoxy groups -OCH3 is 2. The Balaban J connectivity index is 0.000000244. The van der Waals surface area contributed by atoms with Gasteiger partial charge in [-0.05, 0) is 94.0 Å². The fraction of sp³-hybridized carbons (Fsp3) is 0.133. The van der Waals surface area contributed by atoms with E-state index in [-0.39, 0.29) is 21.0 Å². The van der Waals surface area contributed by atoms with Crippen LogP contribution in [0.5, 0.6) is 11.5 Å². The second-order valence-electron chi connectivity index (χ2n) is 9.57. The molecule has 0 aliphatic heterocycles. The number of nitrogens with zero attached hydrogens (tertiary/aromatic N) is 4. The van der Waals surface area contributed by atoms with Crippen molar-refractivity contribution < 1.29 is 26.3 Å².